The molecule has 0 bridgehead atoms. The van der Waals surface area contributed by atoms with Crippen LogP contribution in [0.1, 0.15) is 18.4 Å². The summed E-state index contributed by atoms with van der Waals surface area (Å²) >= 11 is 0. The van der Waals surface area contributed by atoms with Crippen LogP contribution in [0.2, 0.25) is 0 Å². The highest BCUT2D eigenvalue weighted by atomic mass is 32.2. The number of carbonyl (C=O) groups excluding carboxylic acids is 2. The van der Waals surface area contributed by atoms with E-state index in [-0.39, 0.29) is 42.0 Å². The normalized spacial score (nSPS) is 20.5. The molecule has 1 aromatic rings. The highest BCUT2D eigenvalue weighted by Crippen LogP contribution is 2.25. The quantitative estimate of drug-likeness (QED) is 0.814. The van der Waals surface area contributed by atoms with Crippen molar-refractivity contribution in [2.45, 2.75) is 30.7 Å². The maximum atomic E-state index is 13.3. The zero-order valence-corrected chi connectivity index (χ0v) is 14.0. The lowest BCUT2D eigenvalue weighted by Crippen LogP contribution is -2.48. The van der Waals surface area contributed by atoms with Crippen LogP contribution in [-0.2, 0) is 14.8 Å². The number of rotatable bonds is 3. The van der Waals surface area contributed by atoms with E-state index in [9.17, 15) is 22.4 Å². The van der Waals surface area contributed by atoms with Crippen LogP contribution in [0, 0.1) is 12.7 Å². The molecule has 9 heteroatoms. The molecule has 3 amide bonds. The van der Waals surface area contributed by atoms with Crippen LogP contribution in [0.5, 0.6) is 0 Å². The van der Waals surface area contributed by atoms with E-state index in [0.717, 1.165) is 6.07 Å². The Bertz CT molecular complexity index is 772. The minimum absolute atomic E-state index is 0.00774. The van der Waals surface area contributed by atoms with Gasteiger partial charge < -0.3 is 5.32 Å². The van der Waals surface area contributed by atoms with Crippen molar-refractivity contribution in [1.29, 1.82) is 0 Å². The number of nitrogens with zero attached hydrogens (tertiary/aromatic N) is 2. The van der Waals surface area contributed by atoms with Crippen LogP contribution >= 0.6 is 0 Å². The first-order valence-corrected chi connectivity index (χ1v) is 9.11. The molecule has 2 aliphatic heterocycles. The maximum absolute atomic E-state index is 13.3. The Kier molecular flexibility index (Phi) is 4.31. The van der Waals surface area contributed by atoms with Crippen molar-refractivity contribution in [3.63, 3.8) is 0 Å². The third-order valence-corrected chi connectivity index (χ3v) is 6.33. The lowest BCUT2D eigenvalue weighted by molar-refractivity contribution is -0.127. The SMILES string of the molecule is Cc1cc(S(=O)(=O)N2CCC(N3C(=O)CNC3=O)CC2)ccc1F. The molecule has 0 aliphatic carbocycles. The van der Waals surface area contributed by atoms with Crippen molar-refractivity contribution < 1.29 is 22.4 Å². The zero-order chi connectivity index (χ0) is 17.5. The van der Waals surface area contributed by atoms with E-state index in [0.29, 0.717) is 12.8 Å². The summed E-state index contributed by atoms with van der Waals surface area (Å²) in [5, 5.41) is 2.47. The Morgan fingerprint density at radius 2 is 1.88 bits per heavy atom. The number of hydrogen-bond donors (Lipinski definition) is 1. The summed E-state index contributed by atoms with van der Waals surface area (Å²) in [6.07, 6.45) is 0.775. The Hall–Kier alpha value is -2.00. The van der Waals surface area contributed by atoms with Crippen LogP contribution in [0.4, 0.5) is 9.18 Å². The summed E-state index contributed by atoms with van der Waals surface area (Å²) in [4.78, 5) is 24.6. The van der Waals surface area contributed by atoms with Crippen molar-refractivity contribution in [1.82, 2.24) is 14.5 Å². The van der Waals surface area contributed by atoms with Gasteiger partial charge in [0.2, 0.25) is 15.9 Å². The summed E-state index contributed by atoms with van der Waals surface area (Å²) in [5.41, 5.74) is 0.269. The molecular weight excluding hydrogens is 337 g/mol. The summed E-state index contributed by atoms with van der Waals surface area (Å²) in [6.45, 7) is 1.92. The van der Waals surface area contributed by atoms with E-state index in [1.165, 1.54) is 28.3 Å². The van der Waals surface area contributed by atoms with Gasteiger partial charge in [-0.15, -0.1) is 0 Å². The average Bonchev–Trinajstić information content (AvgIpc) is 2.89. The average molecular weight is 355 g/mol. The number of aryl methyl sites for hydroxylation is 1. The van der Waals surface area contributed by atoms with Gasteiger partial charge in [0, 0.05) is 19.1 Å². The molecule has 130 valence electrons. The number of amides is 3. The molecule has 1 aromatic carbocycles. The molecular formula is C15H18FN3O4S. The topological polar surface area (TPSA) is 86.8 Å². The predicted molar refractivity (Wildman–Crippen MR) is 83.2 cm³/mol. The lowest BCUT2D eigenvalue weighted by Gasteiger charge is -2.34. The molecule has 0 saturated carbocycles. The first kappa shape index (κ1) is 16.8. The maximum Gasteiger partial charge on any atom is 0.324 e. The molecule has 0 unspecified atom stereocenters. The van der Waals surface area contributed by atoms with Gasteiger partial charge in [0.1, 0.15) is 5.82 Å². The van der Waals surface area contributed by atoms with Crippen LogP contribution in [0.25, 0.3) is 0 Å². The Morgan fingerprint density at radius 3 is 2.42 bits per heavy atom. The van der Waals surface area contributed by atoms with E-state index in [2.05, 4.69) is 5.32 Å². The van der Waals surface area contributed by atoms with Crippen LogP contribution in [0.3, 0.4) is 0 Å². The fraction of sp³-hybridized carbons (Fsp3) is 0.467. The second-order valence-corrected chi connectivity index (χ2v) is 7.91. The van der Waals surface area contributed by atoms with Crippen LogP contribution in [0.15, 0.2) is 23.1 Å². The molecule has 3 rings (SSSR count). The molecule has 1 N–H and O–H groups in total. The number of halogens is 1. The van der Waals surface area contributed by atoms with Gasteiger partial charge >= 0.3 is 6.03 Å². The minimum atomic E-state index is -3.71. The molecule has 2 fully saturated rings. The first-order valence-electron chi connectivity index (χ1n) is 7.67. The second-order valence-electron chi connectivity index (χ2n) is 5.97. The standard InChI is InChI=1S/C15H18FN3O4S/c1-10-8-12(2-3-13(10)16)24(22,23)18-6-4-11(5-7-18)19-14(20)9-17-15(19)21/h2-3,8,11H,4-7,9H2,1H3,(H,17,21). The monoisotopic (exact) mass is 355 g/mol. The van der Waals surface area contributed by atoms with Gasteiger partial charge in [-0.1, -0.05) is 0 Å². The van der Waals surface area contributed by atoms with Gasteiger partial charge in [-0.3, -0.25) is 9.69 Å². The van der Waals surface area contributed by atoms with Crippen LogP contribution < -0.4 is 5.32 Å². The molecule has 0 aromatic heterocycles. The fourth-order valence-electron chi connectivity index (χ4n) is 3.07. The molecule has 2 saturated heterocycles. The van der Waals surface area contributed by atoms with Crippen molar-refractivity contribution in [2.75, 3.05) is 19.6 Å². The summed E-state index contributed by atoms with van der Waals surface area (Å²) in [5.74, 6) is -0.735. The number of benzene rings is 1. The van der Waals surface area contributed by atoms with E-state index >= 15 is 0 Å². The highest BCUT2D eigenvalue weighted by molar-refractivity contribution is 7.89. The summed E-state index contributed by atoms with van der Waals surface area (Å²) in [7, 11) is -3.71. The van der Waals surface area contributed by atoms with E-state index in [1.807, 2.05) is 0 Å². The smallest absolute Gasteiger partial charge is 0.324 e. The summed E-state index contributed by atoms with van der Waals surface area (Å²) < 4.78 is 40.0. The molecule has 0 radical (unpaired) electrons. The van der Waals surface area contributed by atoms with E-state index < -0.39 is 21.9 Å². The van der Waals surface area contributed by atoms with Gasteiger partial charge in [0.25, 0.3) is 0 Å². The van der Waals surface area contributed by atoms with E-state index in [4.69, 9.17) is 0 Å². The van der Waals surface area contributed by atoms with Crippen LogP contribution in [-0.4, -0.2) is 55.2 Å². The number of imide groups is 1. The second kappa shape index (κ2) is 6.14. The minimum Gasteiger partial charge on any atom is -0.329 e. The van der Waals surface area contributed by atoms with Gasteiger partial charge in [-0.25, -0.2) is 17.6 Å². The molecule has 2 heterocycles. The Labute approximate surface area is 139 Å². The largest absolute Gasteiger partial charge is 0.329 e. The molecule has 7 nitrogen and oxygen atoms in total. The fourth-order valence-corrected chi connectivity index (χ4v) is 4.63. The highest BCUT2D eigenvalue weighted by Gasteiger charge is 2.38. The molecule has 24 heavy (non-hydrogen) atoms. The molecule has 0 spiro atoms. The van der Waals surface area contributed by atoms with E-state index in [1.54, 1.807) is 0 Å². The van der Waals surface area contributed by atoms with Crippen molar-refractivity contribution in [2.24, 2.45) is 0 Å². The molecule has 0 atom stereocenters. The predicted octanol–water partition coefficient (Wildman–Crippen LogP) is 0.839. The van der Waals surface area contributed by atoms with Crippen molar-refractivity contribution in [3.8, 4) is 0 Å². The number of sulfonamides is 1. The summed E-state index contributed by atoms with van der Waals surface area (Å²) in [6, 6.07) is 2.99. The lowest BCUT2D eigenvalue weighted by atomic mass is 10.1. The first-order chi connectivity index (χ1) is 11.3. The molecule has 2 aliphatic rings. The third-order valence-electron chi connectivity index (χ3n) is 4.43. The van der Waals surface area contributed by atoms with Gasteiger partial charge in [0.05, 0.1) is 11.4 Å². The van der Waals surface area contributed by atoms with Crippen molar-refractivity contribution >= 4 is 22.0 Å². The number of carbonyl (C=O) groups is 2. The number of urea groups is 1. The van der Waals surface area contributed by atoms with Gasteiger partial charge in [0.15, 0.2) is 0 Å². The zero-order valence-electron chi connectivity index (χ0n) is 13.2. The van der Waals surface area contributed by atoms with Gasteiger partial charge in [-0.05, 0) is 43.5 Å². The van der Waals surface area contributed by atoms with Crippen molar-refractivity contribution in [3.05, 3.63) is 29.6 Å². The third kappa shape index (κ3) is 2.89. The Morgan fingerprint density at radius 1 is 1.21 bits per heavy atom. The number of piperidine rings is 1. The Balaban J connectivity index is 1.72. The number of hydrogen-bond acceptors (Lipinski definition) is 4. The number of nitrogens with one attached hydrogen (secondary N) is 1. The van der Waals surface area contributed by atoms with Gasteiger partial charge in [-0.2, -0.15) is 4.31 Å².